The van der Waals surface area contributed by atoms with Crippen molar-refractivity contribution in [3.8, 4) is 0 Å². The Kier molecular flexibility index (Phi) is 3.81. The average molecular weight is 150 g/mol. The summed E-state index contributed by atoms with van der Waals surface area (Å²) in [7, 11) is 0. The van der Waals surface area contributed by atoms with Crippen LogP contribution in [0, 0.1) is 0 Å². The summed E-state index contributed by atoms with van der Waals surface area (Å²) >= 11 is 0. The second-order valence-corrected chi connectivity index (χ2v) is 2.70. The number of hydrogen-bond acceptors (Lipinski definition) is 4. The molecule has 0 spiro atoms. The van der Waals surface area contributed by atoms with Crippen LogP contribution >= 0.6 is 0 Å². The number of hydrogen-bond donors (Lipinski definition) is 4. The second kappa shape index (κ2) is 3.88. The maximum atomic E-state index is 9.10. The lowest BCUT2D eigenvalue weighted by Crippen LogP contribution is -2.34. The van der Waals surface area contributed by atoms with E-state index in [0.29, 0.717) is 0 Å². The predicted octanol–water partition coefficient (Wildman–Crippen LogP) is -1.53. The number of rotatable bonds is 4. The molecule has 0 saturated heterocycles. The minimum absolute atomic E-state index is 0.0139. The lowest BCUT2D eigenvalue weighted by Gasteiger charge is -2.22. The van der Waals surface area contributed by atoms with Gasteiger partial charge in [-0.2, -0.15) is 0 Å². The van der Waals surface area contributed by atoms with Crippen LogP contribution in [-0.4, -0.2) is 45.3 Å². The van der Waals surface area contributed by atoms with Crippen molar-refractivity contribution in [2.24, 2.45) is 0 Å². The molecule has 4 N–H and O–H groups in total. The predicted molar refractivity (Wildman–Crippen MR) is 35.4 cm³/mol. The highest BCUT2D eigenvalue weighted by atomic mass is 16.3. The molecule has 0 amide bonds. The minimum atomic E-state index is -1.29. The van der Waals surface area contributed by atoms with Crippen LogP contribution in [0.15, 0.2) is 0 Å². The standard InChI is InChI=1S/C6H14O4/c1-6(10,4-8)2-5(9)3-7/h5,7-10H,2-4H2,1H3. The normalized spacial score (nSPS) is 20.1. The van der Waals surface area contributed by atoms with E-state index in [9.17, 15) is 0 Å². The first-order valence-corrected chi connectivity index (χ1v) is 3.14. The summed E-state index contributed by atoms with van der Waals surface area (Å²) in [6.45, 7) is 0.589. The number of aliphatic hydroxyl groups excluding tert-OH is 3. The van der Waals surface area contributed by atoms with Crippen LogP contribution in [-0.2, 0) is 0 Å². The highest BCUT2D eigenvalue weighted by Crippen LogP contribution is 2.10. The van der Waals surface area contributed by atoms with E-state index >= 15 is 0 Å². The Labute approximate surface area is 59.7 Å². The molecule has 10 heavy (non-hydrogen) atoms. The van der Waals surface area contributed by atoms with Gasteiger partial charge in [0, 0.05) is 6.42 Å². The molecule has 0 rings (SSSR count). The largest absolute Gasteiger partial charge is 0.394 e. The molecule has 2 atom stereocenters. The number of aliphatic hydroxyl groups is 4. The Hall–Kier alpha value is -0.160. The maximum absolute atomic E-state index is 9.10. The van der Waals surface area contributed by atoms with Gasteiger partial charge in [0.05, 0.1) is 24.9 Å². The van der Waals surface area contributed by atoms with Crippen LogP contribution in [0.3, 0.4) is 0 Å². The summed E-state index contributed by atoms with van der Waals surface area (Å²) in [5.74, 6) is 0. The van der Waals surface area contributed by atoms with Gasteiger partial charge in [0.2, 0.25) is 0 Å². The SMILES string of the molecule is CC(O)(CO)CC(O)CO. The Balaban J connectivity index is 3.64. The van der Waals surface area contributed by atoms with Crippen molar-refractivity contribution >= 4 is 0 Å². The lowest BCUT2D eigenvalue weighted by molar-refractivity contribution is -0.0467. The van der Waals surface area contributed by atoms with Gasteiger partial charge in [-0.05, 0) is 6.92 Å². The van der Waals surface area contributed by atoms with E-state index in [2.05, 4.69) is 0 Å². The Morgan fingerprint density at radius 2 is 1.90 bits per heavy atom. The smallest absolute Gasteiger partial charge is 0.0874 e. The summed E-state index contributed by atoms with van der Waals surface area (Å²) < 4.78 is 0. The van der Waals surface area contributed by atoms with Crippen LogP contribution in [0.2, 0.25) is 0 Å². The van der Waals surface area contributed by atoms with Crippen molar-refractivity contribution in [3.63, 3.8) is 0 Å². The zero-order valence-corrected chi connectivity index (χ0v) is 5.99. The van der Waals surface area contributed by atoms with Gasteiger partial charge in [-0.3, -0.25) is 0 Å². The molecule has 0 aliphatic rings. The third-order valence-electron chi connectivity index (χ3n) is 1.23. The van der Waals surface area contributed by atoms with Gasteiger partial charge in [-0.25, -0.2) is 0 Å². The van der Waals surface area contributed by atoms with E-state index in [0.717, 1.165) is 0 Å². The Bertz CT molecular complexity index is 91.7. The summed E-state index contributed by atoms with van der Waals surface area (Å²) in [5.41, 5.74) is -1.29. The van der Waals surface area contributed by atoms with Crippen molar-refractivity contribution < 1.29 is 20.4 Å². The quantitative estimate of drug-likeness (QED) is 0.392. The molecule has 0 aliphatic heterocycles. The van der Waals surface area contributed by atoms with E-state index in [1.165, 1.54) is 6.92 Å². The van der Waals surface area contributed by atoms with Crippen LogP contribution in [0.1, 0.15) is 13.3 Å². The average Bonchev–Trinajstić information content (AvgIpc) is 1.87. The molecule has 0 fully saturated rings. The fourth-order valence-corrected chi connectivity index (χ4v) is 0.637. The summed E-state index contributed by atoms with van der Waals surface area (Å²) in [6.07, 6.45) is -0.970. The van der Waals surface area contributed by atoms with Crippen LogP contribution in [0.25, 0.3) is 0 Å². The van der Waals surface area contributed by atoms with E-state index in [-0.39, 0.29) is 6.42 Å². The van der Waals surface area contributed by atoms with Crippen molar-refractivity contribution in [1.29, 1.82) is 0 Å². The summed E-state index contributed by atoms with van der Waals surface area (Å²) in [5, 5.41) is 34.8. The topological polar surface area (TPSA) is 80.9 Å². The first kappa shape index (κ1) is 9.84. The highest BCUT2D eigenvalue weighted by molar-refractivity contribution is 4.74. The monoisotopic (exact) mass is 150 g/mol. The molecular formula is C6H14O4. The first-order chi connectivity index (χ1) is 4.52. The van der Waals surface area contributed by atoms with E-state index < -0.39 is 24.9 Å². The van der Waals surface area contributed by atoms with Gasteiger partial charge in [-0.1, -0.05) is 0 Å². The fraction of sp³-hybridized carbons (Fsp3) is 1.00. The summed E-state index contributed by atoms with van der Waals surface area (Å²) in [6, 6.07) is 0. The molecule has 0 aromatic heterocycles. The molecular weight excluding hydrogens is 136 g/mol. The highest BCUT2D eigenvalue weighted by Gasteiger charge is 2.22. The first-order valence-electron chi connectivity index (χ1n) is 3.14. The molecule has 4 nitrogen and oxygen atoms in total. The molecule has 0 bridgehead atoms. The van der Waals surface area contributed by atoms with Gasteiger partial charge in [-0.15, -0.1) is 0 Å². The van der Waals surface area contributed by atoms with E-state index in [1.54, 1.807) is 0 Å². The third-order valence-corrected chi connectivity index (χ3v) is 1.23. The fourth-order valence-electron chi connectivity index (χ4n) is 0.637. The van der Waals surface area contributed by atoms with Crippen LogP contribution < -0.4 is 0 Å². The van der Waals surface area contributed by atoms with Crippen molar-refractivity contribution in [1.82, 2.24) is 0 Å². The van der Waals surface area contributed by atoms with Gasteiger partial charge in [0.1, 0.15) is 0 Å². The molecule has 0 saturated carbocycles. The van der Waals surface area contributed by atoms with Crippen LogP contribution in [0.5, 0.6) is 0 Å². The van der Waals surface area contributed by atoms with Crippen molar-refractivity contribution in [2.45, 2.75) is 25.0 Å². The molecule has 0 heterocycles. The van der Waals surface area contributed by atoms with E-state index in [1.807, 2.05) is 0 Å². The molecule has 0 aliphatic carbocycles. The van der Waals surface area contributed by atoms with Crippen molar-refractivity contribution in [3.05, 3.63) is 0 Å². The van der Waals surface area contributed by atoms with Gasteiger partial charge >= 0.3 is 0 Å². The molecule has 2 unspecified atom stereocenters. The van der Waals surface area contributed by atoms with Crippen molar-refractivity contribution in [2.75, 3.05) is 13.2 Å². The van der Waals surface area contributed by atoms with Gasteiger partial charge in [0.25, 0.3) is 0 Å². The maximum Gasteiger partial charge on any atom is 0.0874 e. The third kappa shape index (κ3) is 3.79. The Morgan fingerprint density at radius 1 is 1.40 bits per heavy atom. The zero-order chi connectivity index (χ0) is 8.20. The van der Waals surface area contributed by atoms with Gasteiger partial charge < -0.3 is 20.4 Å². The second-order valence-electron chi connectivity index (χ2n) is 2.70. The minimum Gasteiger partial charge on any atom is -0.394 e. The zero-order valence-electron chi connectivity index (χ0n) is 5.99. The summed E-state index contributed by atoms with van der Waals surface area (Å²) in [4.78, 5) is 0. The molecule has 4 heteroatoms. The molecule has 0 radical (unpaired) electrons. The van der Waals surface area contributed by atoms with Gasteiger partial charge in [0.15, 0.2) is 0 Å². The van der Waals surface area contributed by atoms with E-state index in [4.69, 9.17) is 20.4 Å². The Morgan fingerprint density at radius 3 is 2.20 bits per heavy atom. The van der Waals surface area contributed by atoms with Crippen LogP contribution in [0.4, 0.5) is 0 Å². The lowest BCUT2D eigenvalue weighted by atomic mass is 10.0. The molecule has 0 aromatic carbocycles. The molecule has 62 valence electrons. The molecule has 0 aromatic rings.